The molecule has 3 rings (SSSR count). The number of pyridine rings is 1. The molecule has 2 atom stereocenters. The van der Waals surface area contributed by atoms with Crippen LogP contribution in [0.25, 0.3) is 0 Å². The average molecular weight is 296 g/mol. The molecule has 4 nitrogen and oxygen atoms in total. The molecular weight excluding hydrogens is 276 g/mol. The minimum Gasteiger partial charge on any atom is -0.391 e. The van der Waals surface area contributed by atoms with E-state index in [4.69, 9.17) is 0 Å². The molecule has 1 aromatic carbocycles. The van der Waals surface area contributed by atoms with Crippen LogP contribution in [0.15, 0.2) is 48.5 Å². The number of benzene rings is 1. The molecule has 114 valence electrons. The quantitative estimate of drug-likeness (QED) is 0.945. The molecule has 0 aliphatic carbocycles. The second-order valence-corrected chi connectivity index (χ2v) is 5.78. The van der Waals surface area contributed by atoms with Gasteiger partial charge >= 0.3 is 0 Å². The fourth-order valence-corrected chi connectivity index (χ4v) is 3.00. The van der Waals surface area contributed by atoms with Gasteiger partial charge in [0.1, 0.15) is 5.69 Å². The highest BCUT2D eigenvalue weighted by molar-refractivity contribution is 5.92. The molecule has 0 spiro atoms. The van der Waals surface area contributed by atoms with Crippen LogP contribution in [0.3, 0.4) is 0 Å². The molecule has 1 fully saturated rings. The van der Waals surface area contributed by atoms with Crippen molar-refractivity contribution in [2.24, 2.45) is 0 Å². The van der Waals surface area contributed by atoms with Crippen molar-refractivity contribution >= 4 is 5.91 Å². The van der Waals surface area contributed by atoms with Crippen molar-refractivity contribution in [3.05, 3.63) is 65.5 Å². The molecule has 0 radical (unpaired) electrons. The molecule has 2 heterocycles. The number of carbonyl (C=O) groups is 1. The van der Waals surface area contributed by atoms with Crippen LogP contribution in [-0.4, -0.2) is 39.6 Å². The number of likely N-dealkylation sites (tertiary alicyclic amines) is 1. The van der Waals surface area contributed by atoms with Crippen molar-refractivity contribution in [2.75, 3.05) is 6.54 Å². The van der Waals surface area contributed by atoms with Crippen LogP contribution in [0, 0.1) is 6.92 Å². The Kier molecular flexibility index (Phi) is 4.20. The minimum absolute atomic E-state index is 0.0961. The summed E-state index contributed by atoms with van der Waals surface area (Å²) >= 11 is 0. The van der Waals surface area contributed by atoms with Gasteiger partial charge in [0.15, 0.2) is 0 Å². The zero-order valence-electron chi connectivity index (χ0n) is 12.6. The number of aromatic nitrogens is 1. The summed E-state index contributed by atoms with van der Waals surface area (Å²) in [7, 11) is 0. The predicted octanol–water partition coefficient (Wildman–Crippen LogP) is 2.21. The monoisotopic (exact) mass is 296 g/mol. The summed E-state index contributed by atoms with van der Waals surface area (Å²) in [5.74, 6) is -0.0961. The number of aliphatic hydroxyl groups excluding tert-OH is 1. The molecule has 22 heavy (non-hydrogen) atoms. The fourth-order valence-electron chi connectivity index (χ4n) is 3.00. The lowest BCUT2D eigenvalue weighted by molar-refractivity contribution is 0.0634. The van der Waals surface area contributed by atoms with Crippen LogP contribution in [0.5, 0.6) is 0 Å². The zero-order chi connectivity index (χ0) is 15.5. The van der Waals surface area contributed by atoms with Gasteiger partial charge < -0.3 is 10.0 Å². The van der Waals surface area contributed by atoms with E-state index in [1.54, 1.807) is 11.0 Å². The maximum Gasteiger partial charge on any atom is 0.272 e. The molecule has 0 saturated carbocycles. The molecule has 1 aromatic heterocycles. The highest BCUT2D eigenvalue weighted by Gasteiger charge is 2.36. The summed E-state index contributed by atoms with van der Waals surface area (Å²) in [6.45, 7) is 2.45. The molecule has 0 unspecified atom stereocenters. The van der Waals surface area contributed by atoms with Crippen LogP contribution in [0.4, 0.5) is 0 Å². The predicted molar refractivity (Wildman–Crippen MR) is 84.6 cm³/mol. The van der Waals surface area contributed by atoms with Crippen LogP contribution in [0.2, 0.25) is 0 Å². The second-order valence-electron chi connectivity index (χ2n) is 5.78. The van der Waals surface area contributed by atoms with Gasteiger partial charge in [0.05, 0.1) is 12.1 Å². The number of aryl methyl sites for hydroxylation is 1. The van der Waals surface area contributed by atoms with Gasteiger partial charge in [-0.2, -0.15) is 0 Å². The first-order chi connectivity index (χ1) is 10.6. The lowest BCUT2D eigenvalue weighted by Crippen LogP contribution is -2.41. The number of hydrogen-bond acceptors (Lipinski definition) is 3. The lowest BCUT2D eigenvalue weighted by atomic mass is 10.0. The SMILES string of the molecule is Cc1cccc(C(=O)N2CC[C@@H](O)[C@H]2Cc2ccccc2)n1. The van der Waals surface area contributed by atoms with Gasteiger partial charge in [-0.25, -0.2) is 4.98 Å². The molecule has 1 saturated heterocycles. The topological polar surface area (TPSA) is 53.4 Å². The van der Waals surface area contributed by atoms with Gasteiger partial charge in [-0.05, 0) is 37.5 Å². The summed E-state index contributed by atoms with van der Waals surface area (Å²) in [5.41, 5.74) is 2.40. The van der Waals surface area contributed by atoms with Crippen LogP contribution in [0.1, 0.15) is 28.2 Å². The molecular formula is C18H20N2O2. The van der Waals surface area contributed by atoms with E-state index in [0.29, 0.717) is 25.1 Å². The number of aliphatic hydroxyl groups is 1. The van der Waals surface area contributed by atoms with Crippen LogP contribution >= 0.6 is 0 Å². The fraction of sp³-hybridized carbons (Fsp3) is 0.333. The average Bonchev–Trinajstić information content (AvgIpc) is 2.89. The van der Waals surface area contributed by atoms with Gasteiger partial charge in [-0.3, -0.25) is 4.79 Å². The first kappa shape index (κ1) is 14.7. The molecule has 1 N–H and O–H groups in total. The summed E-state index contributed by atoms with van der Waals surface area (Å²) < 4.78 is 0. The number of rotatable bonds is 3. The van der Waals surface area contributed by atoms with Gasteiger partial charge in [-0.15, -0.1) is 0 Å². The van der Waals surface area contributed by atoms with Gasteiger partial charge in [0.2, 0.25) is 0 Å². The first-order valence-corrected chi connectivity index (χ1v) is 7.62. The Labute approximate surface area is 130 Å². The number of amides is 1. The molecule has 1 aliphatic rings. The maximum atomic E-state index is 12.7. The van der Waals surface area contributed by atoms with E-state index in [1.807, 2.05) is 49.4 Å². The van der Waals surface area contributed by atoms with E-state index in [-0.39, 0.29) is 11.9 Å². The Bertz CT molecular complexity index is 657. The summed E-state index contributed by atoms with van der Waals surface area (Å²) in [5, 5.41) is 10.3. The zero-order valence-corrected chi connectivity index (χ0v) is 12.6. The second kappa shape index (κ2) is 6.28. The largest absolute Gasteiger partial charge is 0.391 e. The molecule has 0 bridgehead atoms. The maximum absolute atomic E-state index is 12.7. The first-order valence-electron chi connectivity index (χ1n) is 7.62. The van der Waals surface area contributed by atoms with E-state index in [1.165, 1.54) is 0 Å². The van der Waals surface area contributed by atoms with Crippen molar-refractivity contribution in [3.63, 3.8) is 0 Å². The minimum atomic E-state index is -0.478. The molecule has 2 aromatic rings. The van der Waals surface area contributed by atoms with Crippen LogP contribution in [-0.2, 0) is 6.42 Å². The van der Waals surface area contributed by atoms with E-state index in [0.717, 1.165) is 11.3 Å². The van der Waals surface area contributed by atoms with E-state index >= 15 is 0 Å². The Hall–Kier alpha value is -2.20. The highest BCUT2D eigenvalue weighted by atomic mass is 16.3. The van der Waals surface area contributed by atoms with Gasteiger partial charge in [0, 0.05) is 12.2 Å². The summed E-state index contributed by atoms with van der Waals surface area (Å²) in [6.07, 6.45) is 0.809. The van der Waals surface area contributed by atoms with E-state index < -0.39 is 6.10 Å². The van der Waals surface area contributed by atoms with Gasteiger partial charge in [0.25, 0.3) is 5.91 Å². The Morgan fingerprint density at radius 3 is 2.73 bits per heavy atom. The van der Waals surface area contributed by atoms with E-state index in [2.05, 4.69) is 4.98 Å². The third-order valence-corrected chi connectivity index (χ3v) is 4.17. The van der Waals surface area contributed by atoms with Crippen LogP contribution < -0.4 is 0 Å². The Morgan fingerprint density at radius 2 is 2.00 bits per heavy atom. The third kappa shape index (κ3) is 3.02. The van der Waals surface area contributed by atoms with E-state index in [9.17, 15) is 9.90 Å². The molecule has 4 heteroatoms. The lowest BCUT2D eigenvalue weighted by Gasteiger charge is -2.26. The van der Waals surface area contributed by atoms with Crippen molar-refractivity contribution in [1.29, 1.82) is 0 Å². The number of hydrogen-bond donors (Lipinski definition) is 1. The number of carbonyl (C=O) groups excluding carboxylic acids is 1. The number of nitrogens with zero attached hydrogens (tertiary/aromatic N) is 2. The van der Waals surface area contributed by atoms with Crippen molar-refractivity contribution < 1.29 is 9.90 Å². The standard InChI is InChI=1S/C18H20N2O2/c1-13-6-5-9-15(19-13)18(22)20-11-10-17(21)16(20)12-14-7-3-2-4-8-14/h2-9,16-17,21H,10-12H2,1H3/t16-,17-/m1/s1. The normalized spacial score (nSPS) is 21.1. The summed E-state index contributed by atoms with van der Waals surface area (Å²) in [4.78, 5) is 18.8. The Morgan fingerprint density at radius 1 is 1.23 bits per heavy atom. The van der Waals surface area contributed by atoms with Crippen molar-refractivity contribution in [3.8, 4) is 0 Å². The molecule has 1 amide bonds. The third-order valence-electron chi connectivity index (χ3n) is 4.17. The Balaban J connectivity index is 1.81. The highest BCUT2D eigenvalue weighted by Crippen LogP contribution is 2.23. The summed E-state index contributed by atoms with van der Waals surface area (Å²) in [6, 6.07) is 15.2. The van der Waals surface area contributed by atoms with Gasteiger partial charge in [-0.1, -0.05) is 36.4 Å². The van der Waals surface area contributed by atoms with Crippen molar-refractivity contribution in [2.45, 2.75) is 31.9 Å². The van der Waals surface area contributed by atoms with Crippen molar-refractivity contribution in [1.82, 2.24) is 9.88 Å². The smallest absolute Gasteiger partial charge is 0.272 e. The molecule has 1 aliphatic heterocycles.